The zero-order valence-electron chi connectivity index (χ0n) is 12.0. The molecule has 6 heteroatoms. The molecule has 1 aliphatic rings. The minimum Gasteiger partial charge on any atom is -0.291 e. The Morgan fingerprint density at radius 3 is 2.67 bits per heavy atom. The van der Waals surface area contributed by atoms with Crippen LogP contribution >= 0.6 is 15.9 Å². The van der Waals surface area contributed by atoms with Crippen LogP contribution in [-0.2, 0) is 0 Å². The van der Waals surface area contributed by atoms with Gasteiger partial charge in [-0.25, -0.2) is 9.97 Å². The van der Waals surface area contributed by atoms with Gasteiger partial charge in [0.05, 0.1) is 4.47 Å². The summed E-state index contributed by atoms with van der Waals surface area (Å²) in [6, 6.07) is 0.159. The molecule has 1 aliphatic carbocycles. The Morgan fingerprint density at radius 1 is 1.38 bits per heavy atom. The van der Waals surface area contributed by atoms with Crippen molar-refractivity contribution in [1.82, 2.24) is 14.5 Å². The molecular formula is C15H16BrN3O2. The number of halogens is 1. The summed E-state index contributed by atoms with van der Waals surface area (Å²) in [6.07, 6.45) is 5.83. The number of nitrogens with zero attached hydrogens (tertiary/aromatic N) is 3. The molecule has 5 nitrogen and oxygen atoms in total. The van der Waals surface area contributed by atoms with E-state index in [4.69, 9.17) is 0 Å². The Labute approximate surface area is 130 Å². The van der Waals surface area contributed by atoms with Crippen LogP contribution in [0.1, 0.15) is 54.8 Å². The fraction of sp³-hybridized carbons (Fsp3) is 0.467. The number of ketones is 1. The second kappa shape index (κ2) is 5.33. The van der Waals surface area contributed by atoms with E-state index in [1.165, 1.54) is 6.92 Å². The third-order valence-corrected chi connectivity index (χ3v) is 5.08. The van der Waals surface area contributed by atoms with Crippen LogP contribution in [0.4, 0.5) is 0 Å². The molecule has 3 rings (SSSR count). The lowest BCUT2D eigenvalue weighted by atomic mass is 10.1. The number of carbonyl (C=O) groups is 1. The van der Waals surface area contributed by atoms with Gasteiger partial charge in [-0.1, -0.05) is 12.8 Å². The first-order valence-corrected chi connectivity index (χ1v) is 7.88. The van der Waals surface area contributed by atoms with E-state index < -0.39 is 0 Å². The minimum atomic E-state index is -0.192. The minimum absolute atomic E-state index is 0.0693. The van der Waals surface area contributed by atoms with Gasteiger partial charge in [0, 0.05) is 24.5 Å². The van der Waals surface area contributed by atoms with Gasteiger partial charge in [-0.05, 0) is 41.3 Å². The topological polar surface area (TPSA) is 64.8 Å². The van der Waals surface area contributed by atoms with E-state index >= 15 is 0 Å². The van der Waals surface area contributed by atoms with Crippen LogP contribution < -0.4 is 5.56 Å². The van der Waals surface area contributed by atoms with Crippen molar-refractivity contribution in [1.29, 1.82) is 0 Å². The number of hydrogen-bond donors (Lipinski definition) is 0. The number of carbonyl (C=O) groups excluding carboxylic acids is 1. The highest BCUT2D eigenvalue weighted by Gasteiger charge is 2.24. The number of pyridine rings is 1. The molecule has 1 saturated carbocycles. The van der Waals surface area contributed by atoms with Crippen LogP contribution in [-0.4, -0.2) is 20.3 Å². The van der Waals surface area contributed by atoms with E-state index in [1.54, 1.807) is 10.8 Å². The highest BCUT2D eigenvalue weighted by atomic mass is 79.9. The van der Waals surface area contributed by atoms with Gasteiger partial charge < -0.3 is 0 Å². The summed E-state index contributed by atoms with van der Waals surface area (Å²) in [6.45, 7) is 3.30. The Bertz CT molecular complexity index is 792. The molecular weight excluding hydrogens is 334 g/mol. The van der Waals surface area contributed by atoms with Crippen LogP contribution in [0.3, 0.4) is 0 Å². The second-order valence-electron chi connectivity index (χ2n) is 5.54. The lowest BCUT2D eigenvalue weighted by Crippen LogP contribution is -2.26. The highest BCUT2D eigenvalue weighted by molar-refractivity contribution is 9.10. The molecule has 0 saturated heterocycles. The van der Waals surface area contributed by atoms with E-state index in [9.17, 15) is 9.59 Å². The van der Waals surface area contributed by atoms with Crippen molar-refractivity contribution in [2.45, 2.75) is 45.6 Å². The summed E-state index contributed by atoms with van der Waals surface area (Å²) >= 11 is 3.39. The fourth-order valence-electron chi connectivity index (χ4n) is 2.97. The van der Waals surface area contributed by atoms with E-state index in [1.807, 2.05) is 6.92 Å². The molecule has 2 aromatic heterocycles. The average molecular weight is 350 g/mol. The molecule has 2 heterocycles. The largest absolute Gasteiger partial charge is 0.291 e. The maximum Gasteiger partial charge on any atom is 0.267 e. The van der Waals surface area contributed by atoms with Crippen molar-refractivity contribution in [2.24, 2.45) is 0 Å². The Kier molecular flexibility index (Phi) is 3.65. The normalized spacial score (nSPS) is 15.8. The highest BCUT2D eigenvalue weighted by Crippen LogP contribution is 2.32. The van der Waals surface area contributed by atoms with Crippen molar-refractivity contribution in [3.63, 3.8) is 0 Å². The van der Waals surface area contributed by atoms with Crippen molar-refractivity contribution in [3.8, 4) is 0 Å². The molecule has 2 aromatic rings. The van der Waals surface area contributed by atoms with Gasteiger partial charge in [0.1, 0.15) is 5.65 Å². The molecule has 21 heavy (non-hydrogen) atoms. The molecule has 0 aromatic carbocycles. The molecule has 0 amide bonds. The summed E-state index contributed by atoms with van der Waals surface area (Å²) in [7, 11) is 0. The number of rotatable bonds is 2. The summed E-state index contributed by atoms with van der Waals surface area (Å²) in [5, 5.41) is 0.818. The number of Topliss-reactive ketones (excluding diaryl/α,β-unsaturated/α-hetero) is 1. The predicted molar refractivity (Wildman–Crippen MR) is 83.7 cm³/mol. The maximum absolute atomic E-state index is 12.6. The molecule has 0 N–H and O–H groups in total. The standard InChI is InChI=1S/C15H16BrN3O2/c1-8-11-7-17-13(9(2)20)18-14(11)19(15(21)12(8)16)10-5-3-4-6-10/h7,10H,3-6H2,1-2H3. The monoisotopic (exact) mass is 349 g/mol. The van der Waals surface area contributed by atoms with Gasteiger partial charge >= 0.3 is 0 Å². The molecule has 0 spiro atoms. The van der Waals surface area contributed by atoms with Gasteiger partial charge in [-0.15, -0.1) is 0 Å². The molecule has 0 bridgehead atoms. The van der Waals surface area contributed by atoms with Gasteiger partial charge in [0.2, 0.25) is 0 Å². The lowest BCUT2D eigenvalue weighted by Gasteiger charge is -2.18. The molecule has 0 aliphatic heterocycles. The first-order chi connectivity index (χ1) is 10.0. The number of aryl methyl sites for hydroxylation is 1. The Hall–Kier alpha value is -1.56. The first-order valence-electron chi connectivity index (χ1n) is 7.09. The summed E-state index contributed by atoms with van der Waals surface area (Å²) in [4.78, 5) is 32.7. The molecule has 0 unspecified atom stereocenters. The van der Waals surface area contributed by atoms with Crippen LogP contribution in [0.2, 0.25) is 0 Å². The van der Waals surface area contributed by atoms with Crippen molar-refractivity contribution < 1.29 is 4.79 Å². The Balaban J connectivity index is 2.39. The fourth-order valence-corrected chi connectivity index (χ4v) is 3.38. The van der Waals surface area contributed by atoms with E-state index in [0.717, 1.165) is 36.6 Å². The predicted octanol–water partition coefficient (Wildman–Crippen LogP) is 3.18. The summed E-state index contributed by atoms with van der Waals surface area (Å²) < 4.78 is 2.30. The molecule has 110 valence electrons. The van der Waals surface area contributed by atoms with Crippen LogP contribution in [0.15, 0.2) is 15.5 Å². The first kappa shape index (κ1) is 14.4. The average Bonchev–Trinajstić information content (AvgIpc) is 2.98. The van der Waals surface area contributed by atoms with E-state index in [0.29, 0.717) is 10.1 Å². The number of fused-ring (bicyclic) bond motifs is 1. The van der Waals surface area contributed by atoms with E-state index in [-0.39, 0.29) is 23.2 Å². The van der Waals surface area contributed by atoms with Crippen LogP contribution in [0.25, 0.3) is 11.0 Å². The third kappa shape index (κ3) is 2.31. The smallest absolute Gasteiger partial charge is 0.267 e. The SMILES string of the molecule is CC(=O)c1ncc2c(C)c(Br)c(=O)n(C3CCCC3)c2n1. The zero-order chi connectivity index (χ0) is 15.1. The molecule has 0 atom stereocenters. The second-order valence-corrected chi connectivity index (χ2v) is 6.33. The van der Waals surface area contributed by atoms with Crippen LogP contribution in [0, 0.1) is 6.92 Å². The van der Waals surface area contributed by atoms with Gasteiger partial charge in [-0.2, -0.15) is 0 Å². The van der Waals surface area contributed by atoms with Gasteiger partial charge in [0.15, 0.2) is 11.6 Å². The lowest BCUT2D eigenvalue weighted by molar-refractivity contribution is 0.100. The summed E-state index contributed by atoms with van der Waals surface area (Å²) in [5.41, 5.74) is 1.33. The Morgan fingerprint density at radius 2 is 2.05 bits per heavy atom. The number of aromatic nitrogens is 3. The van der Waals surface area contributed by atoms with E-state index in [2.05, 4.69) is 25.9 Å². The summed E-state index contributed by atoms with van der Waals surface area (Å²) in [5.74, 6) is -0.0294. The molecule has 0 radical (unpaired) electrons. The van der Waals surface area contributed by atoms with Crippen molar-refractivity contribution >= 4 is 32.7 Å². The zero-order valence-corrected chi connectivity index (χ0v) is 13.6. The number of hydrogen-bond acceptors (Lipinski definition) is 4. The quantitative estimate of drug-likeness (QED) is 0.781. The van der Waals surface area contributed by atoms with Crippen molar-refractivity contribution in [2.75, 3.05) is 0 Å². The van der Waals surface area contributed by atoms with Gasteiger partial charge in [-0.3, -0.25) is 14.2 Å². The molecule has 1 fully saturated rings. The van der Waals surface area contributed by atoms with Crippen molar-refractivity contribution in [3.05, 3.63) is 32.4 Å². The third-order valence-electron chi connectivity index (χ3n) is 4.14. The van der Waals surface area contributed by atoms with Crippen LogP contribution in [0.5, 0.6) is 0 Å². The van der Waals surface area contributed by atoms with Gasteiger partial charge in [0.25, 0.3) is 5.56 Å². The maximum atomic E-state index is 12.6.